The number of carbonyl (C=O) groups is 2. The van der Waals surface area contributed by atoms with Crippen molar-refractivity contribution in [1.29, 1.82) is 0 Å². The van der Waals surface area contributed by atoms with E-state index in [-0.39, 0.29) is 17.9 Å². The van der Waals surface area contributed by atoms with Gasteiger partial charge in [0.25, 0.3) is 11.8 Å². The first-order chi connectivity index (χ1) is 13.7. The summed E-state index contributed by atoms with van der Waals surface area (Å²) < 4.78 is 11.3. The van der Waals surface area contributed by atoms with Crippen molar-refractivity contribution in [3.8, 4) is 0 Å². The van der Waals surface area contributed by atoms with Crippen molar-refractivity contribution in [1.82, 2.24) is 4.90 Å². The third kappa shape index (κ3) is 4.24. The summed E-state index contributed by atoms with van der Waals surface area (Å²) in [6.07, 6.45) is 1.11. The summed E-state index contributed by atoms with van der Waals surface area (Å²) in [4.78, 5) is 27.1. The van der Waals surface area contributed by atoms with E-state index >= 15 is 0 Å². The fraction of sp³-hybridized carbons (Fsp3) is 0.364. The Hall–Kier alpha value is -2.70. The highest BCUT2D eigenvalue weighted by Crippen LogP contribution is 2.24. The predicted octanol–water partition coefficient (Wildman–Crippen LogP) is 3.02. The van der Waals surface area contributed by atoms with Crippen molar-refractivity contribution in [3.63, 3.8) is 0 Å². The zero-order valence-electron chi connectivity index (χ0n) is 15.7. The van der Waals surface area contributed by atoms with Gasteiger partial charge >= 0.3 is 0 Å². The van der Waals surface area contributed by atoms with Gasteiger partial charge < -0.3 is 19.7 Å². The van der Waals surface area contributed by atoms with Gasteiger partial charge in [-0.1, -0.05) is 36.4 Å². The first-order valence-corrected chi connectivity index (χ1v) is 9.69. The van der Waals surface area contributed by atoms with E-state index in [1.54, 1.807) is 24.3 Å². The van der Waals surface area contributed by atoms with E-state index in [2.05, 4.69) is 5.32 Å². The molecule has 6 heteroatoms. The first-order valence-electron chi connectivity index (χ1n) is 9.69. The summed E-state index contributed by atoms with van der Waals surface area (Å²) in [6.45, 7) is 2.18. The van der Waals surface area contributed by atoms with Gasteiger partial charge in [0, 0.05) is 24.4 Å². The number of morpholine rings is 1. The highest BCUT2D eigenvalue weighted by molar-refractivity contribution is 5.98. The molecule has 2 aliphatic rings. The lowest BCUT2D eigenvalue weighted by molar-refractivity contribution is -0.124. The number of nitrogens with one attached hydrogen (secondary N) is 1. The third-order valence-electron chi connectivity index (χ3n) is 5.12. The van der Waals surface area contributed by atoms with Gasteiger partial charge in [0.1, 0.15) is 12.2 Å². The molecule has 2 amide bonds. The van der Waals surface area contributed by atoms with Crippen LogP contribution in [0.4, 0.5) is 5.69 Å². The molecule has 0 radical (unpaired) electrons. The van der Waals surface area contributed by atoms with Crippen LogP contribution >= 0.6 is 0 Å². The van der Waals surface area contributed by atoms with E-state index < -0.39 is 6.10 Å². The normalized spacial score (nSPS) is 22.1. The summed E-state index contributed by atoms with van der Waals surface area (Å²) in [5.41, 5.74) is 2.23. The molecule has 0 saturated carbocycles. The molecule has 0 bridgehead atoms. The summed E-state index contributed by atoms with van der Waals surface area (Å²) in [5.74, 6) is -0.213. The highest BCUT2D eigenvalue weighted by atomic mass is 16.5. The van der Waals surface area contributed by atoms with Crippen LogP contribution in [-0.2, 0) is 14.3 Å². The number of anilines is 1. The number of amides is 2. The quantitative estimate of drug-likeness (QED) is 0.885. The maximum absolute atomic E-state index is 13.0. The molecule has 6 nitrogen and oxygen atoms in total. The van der Waals surface area contributed by atoms with Gasteiger partial charge in [-0.3, -0.25) is 9.59 Å². The van der Waals surface area contributed by atoms with Crippen LogP contribution in [0.2, 0.25) is 0 Å². The Morgan fingerprint density at radius 2 is 1.86 bits per heavy atom. The lowest BCUT2D eigenvalue weighted by Crippen LogP contribution is -2.42. The van der Waals surface area contributed by atoms with Crippen molar-refractivity contribution in [2.24, 2.45) is 0 Å². The van der Waals surface area contributed by atoms with E-state index in [1.165, 1.54) is 0 Å². The average Bonchev–Trinajstić information content (AvgIpc) is 3.29. The summed E-state index contributed by atoms with van der Waals surface area (Å²) in [5, 5.41) is 2.86. The van der Waals surface area contributed by atoms with Crippen molar-refractivity contribution in [2.45, 2.75) is 25.0 Å². The Kier molecular flexibility index (Phi) is 5.69. The predicted molar refractivity (Wildman–Crippen MR) is 105 cm³/mol. The number of nitrogens with zero attached hydrogens (tertiary/aromatic N) is 1. The third-order valence-corrected chi connectivity index (χ3v) is 5.12. The number of hydrogen-bond donors (Lipinski definition) is 1. The smallest absolute Gasteiger partial charge is 0.254 e. The number of benzene rings is 2. The van der Waals surface area contributed by atoms with Gasteiger partial charge in [-0.2, -0.15) is 0 Å². The molecule has 2 aromatic rings. The highest BCUT2D eigenvalue weighted by Gasteiger charge is 2.27. The van der Waals surface area contributed by atoms with Crippen LogP contribution in [0.3, 0.4) is 0 Å². The lowest BCUT2D eigenvalue weighted by Gasteiger charge is -2.33. The Morgan fingerprint density at radius 1 is 1.00 bits per heavy atom. The Labute approximate surface area is 164 Å². The minimum atomic E-state index is -0.398. The molecule has 0 aromatic heterocycles. The van der Waals surface area contributed by atoms with E-state index in [9.17, 15) is 9.59 Å². The molecular weight excluding hydrogens is 356 g/mol. The minimum absolute atomic E-state index is 0.0579. The van der Waals surface area contributed by atoms with Gasteiger partial charge in [0.2, 0.25) is 0 Å². The molecule has 0 aliphatic carbocycles. The fourth-order valence-electron chi connectivity index (χ4n) is 3.62. The van der Waals surface area contributed by atoms with Gasteiger partial charge in [0.05, 0.1) is 13.2 Å². The van der Waals surface area contributed by atoms with Crippen LogP contribution in [0.15, 0.2) is 54.6 Å². The largest absolute Gasteiger partial charge is 0.370 e. The standard InChI is InChI=1S/C22H24N2O4/c25-21(19-10-5-12-27-19)23-18-9-4-8-17(14-18)22(26)24-11-13-28-20(15-24)16-6-2-1-3-7-16/h1-4,6-9,14,19-20H,5,10-13,15H2,(H,23,25)/t19-,20+/m0/s1. The number of carbonyl (C=O) groups excluding carboxylic acids is 2. The second-order valence-electron chi connectivity index (χ2n) is 7.09. The topological polar surface area (TPSA) is 67.9 Å². The zero-order valence-corrected chi connectivity index (χ0v) is 15.7. The maximum atomic E-state index is 13.0. The zero-order chi connectivity index (χ0) is 19.3. The Balaban J connectivity index is 1.43. The van der Waals surface area contributed by atoms with Gasteiger partial charge in [-0.25, -0.2) is 0 Å². The Morgan fingerprint density at radius 3 is 2.64 bits per heavy atom. The molecule has 4 rings (SSSR count). The molecule has 2 atom stereocenters. The minimum Gasteiger partial charge on any atom is -0.370 e. The number of hydrogen-bond acceptors (Lipinski definition) is 4. The molecule has 1 N–H and O–H groups in total. The maximum Gasteiger partial charge on any atom is 0.254 e. The van der Waals surface area contributed by atoms with Gasteiger partial charge in [-0.15, -0.1) is 0 Å². The van der Waals surface area contributed by atoms with Crippen LogP contribution in [0, 0.1) is 0 Å². The molecule has 2 saturated heterocycles. The SMILES string of the molecule is O=C(Nc1cccc(C(=O)N2CCO[C@@H](c3ccccc3)C2)c1)[C@@H]1CCCO1. The van der Waals surface area contributed by atoms with Crippen LogP contribution in [0.1, 0.15) is 34.9 Å². The van der Waals surface area contributed by atoms with E-state index in [1.807, 2.05) is 35.2 Å². The van der Waals surface area contributed by atoms with Crippen LogP contribution in [0.25, 0.3) is 0 Å². The molecule has 0 spiro atoms. The van der Waals surface area contributed by atoms with Crippen LogP contribution < -0.4 is 5.32 Å². The second-order valence-corrected chi connectivity index (χ2v) is 7.09. The molecule has 28 heavy (non-hydrogen) atoms. The van der Waals surface area contributed by atoms with Crippen LogP contribution in [-0.4, -0.2) is 49.1 Å². The van der Waals surface area contributed by atoms with Gasteiger partial charge in [-0.05, 0) is 36.6 Å². The monoisotopic (exact) mass is 380 g/mol. The molecule has 2 aromatic carbocycles. The summed E-state index contributed by atoms with van der Waals surface area (Å²) in [7, 11) is 0. The van der Waals surface area contributed by atoms with Crippen molar-refractivity contribution in [2.75, 3.05) is 31.6 Å². The van der Waals surface area contributed by atoms with Crippen molar-refractivity contribution < 1.29 is 19.1 Å². The van der Waals surface area contributed by atoms with E-state index in [4.69, 9.17) is 9.47 Å². The Bertz CT molecular complexity index is 833. The second kappa shape index (κ2) is 8.54. The van der Waals surface area contributed by atoms with Crippen molar-refractivity contribution >= 4 is 17.5 Å². The molecule has 2 heterocycles. The molecular formula is C22H24N2O4. The number of ether oxygens (including phenoxy) is 2. The van der Waals surface area contributed by atoms with Crippen molar-refractivity contribution in [3.05, 3.63) is 65.7 Å². The molecule has 2 fully saturated rings. The summed E-state index contributed by atoms with van der Waals surface area (Å²) in [6, 6.07) is 17.0. The first kappa shape index (κ1) is 18.7. The lowest BCUT2D eigenvalue weighted by atomic mass is 10.1. The molecule has 2 aliphatic heterocycles. The van der Waals surface area contributed by atoms with Gasteiger partial charge in [0.15, 0.2) is 0 Å². The van der Waals surface area contributed by atoms with E-state index in [0.29, 0.717) is 37.6 Å². The average molecular weight is 380 g/mol. The fourth-order valence-corrected chi connectivity index (χ4v) is 3.62. The van der Waals surface area contributed by atoms with Crippen LogP contribution in [0.5, 0.6) is 0 Å². The molecule has 146 valence electrons. The van der Waals surface area contributed by atoms with E-state index in [0.717, 1.165) is 18.4 Å². The number of rotatable bonds is 4. The molecule has 0 unspecified atom stereocenters. The summed E-state index contributed by atoms with van der Waals surface area (Å²) >= 11 is 0.